The zero-order valence-electron chi connectivity index (χ0n) is 10.3. The normalized spacial score (nSPS) is 17.7. The second kappa shape index (κ2) is 4.72. The lowest BCUT2D eigenvalue weighted by Crippen LogP contribution is -2.22. The van der Waals surface area contributed by atoms with Crippen LogP contribution in [-0.4, -0.2) is 50.2 Å². The minimum atomic E-state index is -4.10. The molecule has 0 amide bonds. The van der Waals surface area contributed by atoms with E-state index in [1.54, 1.807) is 0 Å². The van der Waals surface area contributed by atoms with Gasteiger partial charge in [0.25, 0.3) is 0 Å². The molecule has 1 heterocycles. The van der Waals surface area contributed by atoms with Crippen LogP contribution in [0.15, 0.2) is 26.0 Å². The molecular formula is C8H12N2O6S3. The second-order valence-corrected chi connectivity index (χ2v) is 9.78. The zero-order chi connectivity index (χ0) is 15.1. The van der Waals surface area contributed by atoms with Crippen molar-refractivity contribution in [1.29, 1.82) is 0 Å². The highest BCUT2D eigenvalue weighted by Crippen LogP contribution is 2.27. The van der Waals surface area contributed by atoms with Gasteiger partial charge in [-0.3, -0.25) is 5.43 Å². The minimum Gasteiger partial charge on any atom is -0.266 e. The third-order valence-corrected chi connectivity index (χ3v) is 5.64. The molecule has 0 saturated heterocycles. The Kier molecular flexibility index (Phi) is 3.94. The van der Waals surface area contributed by atoms with Gasteiger partial charge in [-0.1, -0.05) is 0 Å². The van der Waals surface area contributed by atoms with Crippen LogP contribution in [0.2, 0.25) is 0 Å². The molecule has 0 aliphatic carbocycles. The van der Waals surface area contributed by atoms with Crippen molar-refractivity contribution in [2.24, 2.45) is 5.10 Å². The quantitative estimate of drug-likeness (QED) is 0.686. The molecular weight excluding hydrogens is 316 g/mol. The molecule has 0 saturated carbocycles. The molecule has 1 rings (SSSR count). The Morgan fingerprint density at radius 1 is 0.895 bits per heavy atom. The predicted octanol–water partition coefficient (Wildman–Crippen LogP) is -1.24. The number of sulfone groups is 3. The molecule has 108 valence electrons. The van der Waals surface area contributed by atoms with E-state index in [1.807, 2.05) is 5.43 Å². The van der Waals surface area contributed by atoms with Gasteiger partial charge in [-0.25, -0.2) is 25.3 Å². The first-order chi connectivity index (χ1) is 8.35. The monoisotopic (exact) mass is 328 g/mol. The number of hydrogen-bond acceptors (Lipinski definition) is 8. The Hall–Kier alpha value is -1.20. The van der Waals surface area contributed by atoms with E-state index in [-0.39, 0.29) is 0 Å². The van der Waals surface area contributed by atoms with Crippen molar-refractivity contribution in [1.82, 2.24) is 5.43 Å². The number of rotatable bonds is 3. The Morgan fingerprint density at radius 3 is 1.79 bits per heavy atom. The average molecular weight is 328 g/mol. The summed E-state index contributed by atoms with van der Waals surface area (Å²) >= 11 is 0. The van der Waals surface area contributed by atoms with Crippen molar-refractivity contribution < 1.29 is 25.3 Å². The van der Waals surface area contributed by atoms with Gasteiger partial charge in [-0.2, -0.15) is 5.10 Å². The molecule has 0 aromatic heterocycles. The van der Waals surface area contributed by atoms with Gasteiger partial charge in [-0.15, -0.1) is 0 Å². The smallest absolute Gasteiger partial charge is 0.193 e. The van der Waals surface area contributed by atoms with E-state index in [0.29, 0.717) is 0 Å². The fourth-order valence-corrected chi connectivity index (χ4v) is 5.44. The van der Waals surface area contributed by atoms with Gasteiger partial charge in [-0.05, 0) is 6.08 Å². The third-order valence-electron chi connectivity index (χ3n) is 2.04. The summed E-state index contributed by atoms with van der Waals surface area (Å²) in [6.07, 6.45) is 4.15. The van der Waals surface area contributed by atoms with E-state index in [0.717, 1.165) is 31.1 Å². The molecule has 0 aromatic carbocycles. The highest BCUT2D eigenvalue weighted by molar-refractivity contribution is 8.01. The summed E-state index contributed by atoms with van der Waals surface area (Å²) in [6, 6.07) is 0. The first-order valence-corrected chi connectivity index (χ1v) is 10.4. The van der Waals surface area contributed by atoms with Gasteiger partial charge < -0.3 is 0 Å². The number of hydrogen-bond donors (Lipinski definition) is 1. The van der Waals surface area contributed by atoms with Crippen molar-refractivity contribution in [3.8, 4) is 0 Å². The van der Waals surface area contributed by atoms with E-state index in [4.69, 9.17) is 0 Å². The fraction of sp³-hybridized carbons (Fsp3) is 0.375. The number of nitrogens with one attached hydrogen (secondary N) is 1. The number of allylic oxidation sites excluding steroid dienone is 1. The maximum atomic E-state index is 11.7. The van der Waals surface area contributed by atoms with Gasteiger partial charge in [0, 0.05) is 25.0 Å². The van der Waals surface area contributed by atoms with Gasteiger partial charge >= 0.3 is 0 Å². The van der Waals surface area contributed by atoms with Crippen LogP contribution < -0.4 is 5.43 Å². The molecule has 0 aromatic rings. The van der Waals surface area contributed by atoms with E-state index in [2.05, 4.69) is 5.10 Å². The molecule has 0 atom stereocenters. The summed E-state index contributed by atoms with van der Waals surface area (Å²) < 4.78 is 69.9. The Balaban J connectivity index is 3.94. The van der Waals surface area contributed by atoms with Crippen LogP contribution in [-0.2, 0) is 29.5 Å². The first kappa shape index (κ1) is 15.9. The van der Waals surface area contributed by atoms with E-state index in [1.165, 1.54) is 0 Å². The van der Waals surface area contributed by atoms with Crippen molar-refractivity contribution in [2.75, 3.05) is 18.8 Å². The summed E-state index contributed by atoms with van der Waals surface area (Å²) in [4.78, 5) is -1.43. The van der Waals surface area contributed by atoms with Crippen LogP contribution in [0.1, 0.15) is 0 Å². The van der Waals surface area contributed by atoms with Crippen LogP contribution in [0.4, 0.5) is 0 Å². The second-order valence-electron chi connectivity index (χ2n) is 3.90. The van der Waals surface area contributed by atoms with Crippen LogP contribution in [0.3, 0.4) is 0 Å². The van der Waals surface area contributed by atoms with Gasteiger partial charge in [0.15, 0.2) is 34.5 Å². The predicted molar refractivity (Wildman–Crippen MR) is 71.3 cm³/mol. The molecule has 0 spiro atoms. The molecule has 8 nitrogen and oxygen atoms in total. The third kappa shape index (κ3) is 3.64. The van der Waals surface area contributed by atoms with Gasteiger partial charge in [0.2, 0.25) is 0 Å². The summed E-state index contributed by atoms with van der Waals surface area (Å²) in [5, 5.41) is 2.67. The van der Waals surface area contributed by atoms with Crippen molar-refractivity contribution in [3.63, 3.8) is 0 Å². The zero-order valence-corrected chi connectivity index (χ0v) is 12.7. The highest BCUT2D eigenvalue weighted by Gasteiger charge is 2.33. The Morgan fingerprint density at radius 2 is 1.42 bits per heavy atom. The first-order valence-electron chi connectivity index (χ1n) is 4.69. The fourth-order valence-electron chi connectivity index (χ4n) is 1.33. The summed E-state index contributed by atoms with van der Waals surface area (Å²) in [5.74, 6) is 0. The van der Waals surface area contributed by atoms with Gasteiger partial charge in [0.05, 0.1) is 4.91 Å². The maximum Gasteiger partial charge on any atom is 0.193 e. The molecule has 1 aliphatic rings. The summed E-state index contributed by atoms with van der Waals surface area (Å²) in [7, 11) is -12.1. The lowest BCUT2D eigenvalue weighted by molar-refractivity contribution is 0.597. The highest BCUT2D eigenvalue weighted by atomic mass is 32.2. The molecule has 1 aliphatic heterocycles. The molecule has 0 bridgehead atoms. The minimum absolute atomic E-state index is 0.621. The molecule has 19 heavy (non-hydrogen) atoms. The summed E-state index contributed by atoms with van der Waals surface area (Å²) in [6.45, 7) is 0. The SMILES string of the molecule is CS(=O)(=O)C1=CC=NNC(S(C)(=O)=O)=C1S(C)(=O)=O. The van der Waals surface area contributed by atoms with E-state index < -0.39 is 44.4 Å². The van der Waals surface area contributed by atoms with Crippen LogP contribution in [0.25, 0.3) is 0 Å². The van der Waals surface area contributed by atoms with Crippen molar-refractivity contribution >= 4 is 35.7 Å². The number of nitrogens with zero attached hydrogens (tertiary/aromatic N) is 1. The lowest BCUT2D eigenvalue weighted by Gasteiger charge is -2.12. The Labute approximate surface area is 111 Å². The van der Waals surface area contributed by atoms with E-state index in [9.17, 15) is 25.3 Å². The average Bonchev–Trinajstić information content (AvgIpc) is 2.35. The van der Waals surface area contributed by atoms with E-state index >= 15 is 0 Å². The number of hydrazone groups is 1. The van der Waals surface area contributed by atoms with Crippen LogP contribution in [0.5, 0.6) is 0 Å². The van der Waals surface area contributed by atoms with Crippen molar-refractivity contribution in [2.45, 2.75) is 0 Å². The van der Waals surface area contributed by atoms with Crippen molar-refractivity contribution in [3.05, 3.63) is 20.9 Å². The lowest BCUT2D eigenvalue weighted by atomic mass is 10.5. The van der Waals surface area contributed by atoms with Gasteiger partial charge in [0.1, 0.15) is 4.91 Å². The summed E-state index contributed by atoms with van der Waals surface area (Å²) in [5.41, 5.74) is 2.05. The van der Waals surface area contributed by atoms with Crippen LogP contribution >= 0.6 is 0 Å². The standard InChI is InChI=1S/C8H12N2O6S3/c1-17(11,12)6-4-5-9-10-8(19(3,15)16)7(6)18(2,13)14/h4-5,10H,1-3H3. The molecule has 0 unspecified atom stereocenters. The Bertz CT molecular complexity index is 797. The largest absolute Gasteiger partial charge is 0.266 e. The topological polar surface area (TPSA) is 127 Å². The molecule has 0 fully saturated rings. The molecule has 1 N–H and O–H groups in total. The maximum absolute atomic E-state index is 11.7. The molecule has 0 radical (unpaired) electrons. The van der Waals surface area contributed by atoms with Crippen LogP contribution in [0, 0.1) is 0 Å². The molecule has 11 heteroatoms.